The molecular weight excluding hydrogens is 262 g/mol. The molecule has 1 rings (SSSR count). The third kappa shape index (κ3) is 3.26. The molecule has 0 fully saturated rings. The van der Waals surface area contributed by atoms with Crippen LogP contribution in [0.3, 0.4) is 0 Å². The molecule has 0 bridgehead atoms. The predicted molar refractivity (Wildman–Crippen MR) is 51.6 cm³/mol. The van der Waals surface area contributed by atoms with Gasteiger partial charge in [0.15, 0.2) is 0 Å². The molecule has 2 heteroatoms. The zero-order valence-electron chi connectivity index (χ0n) is 7.08. The van der Waals surface area contributed by atoms with Crippen LogP contribution in [-0.2, 0) is 0 Å². The van der Waals surface area contributed by atoms with Crippen LogP contribution in [0.5, 0.6) is 0 Å². The minimum absolute atomic E-state index is 0.0852. The van der Waals surface area contributed by atoms with Gasteiger partial charge in [-0.1, -0.05) is 0 Å². The van der Waals surface area contributed by atoms with E-state index >= 15 is 0 Å². The molecule has 62 valence electrons. The number of nitrogens with zero attached hydrogens (tertiary/aromatic N) is 1. The molecule has 0 atom stereocenters. The fraction of sp³-hybridized carbons (Fsp3) is 0.300. The van der Waals surface area contributed by atoms with Crippen molar-refractivity contribution in [1.82, 2.24) is 0 Å². The van der Waals surface area contributed by atoms with E-state index in [-0.39, 0.29) is 20.9 Å². The van der Waals surface area contributed by atoms with Crippen molar-refractivity contribution in [2.45, 2.75) is 17.8 Å². The van der Waals surface area contributed by atoms with Crippen LogP contribution in [0.2, 0.25) is 4.47 Å². The molecule has 0 aliphatic carbocycles. The summed E-state index contributed by atoms with van der Waals surface area (Å²) in [5.74, 6) is 0. The van der Waals surface area contributed by atoms with Gasteiger partial charge in [-0.25, -0.2) is 0 Å². The molecule has 1 aromatic rings. The second-order valence-corrected chi connectivity index (χ2v) is 5.90. The van der Waals surface area contributed by atoms with Gasteiger partial charge in [0.2, 0.25) is 0 Å². The maximum absolute atomic E-state index is 8.36. The van der Waals surface area contributed by atoms with Gasteiger partial charge in [0.1, 0.15) is 0 Å². The Kier molecular flexibility index (Phi) is 4.15. The van der Waals surface area contributed by atoms with E-state index < -0.39 is 0 Å². The molecule has 0 unspecified atom stereocenters. The van der Waals surface area contributed by atoms with Crippen LogP contribution in [0.15, 0.2) is 24.3 Å². The Morgan fingerprint density at radius 3 is 2.58 bits per heavy atom. The molecular formula is C10H11NTe. The second kappa shape index (κ2) is 5.20. The Morgan fingerprint density at radius 1 is 1.33 bits per heavy atom. The van der Waals surface area contributed by atoms with E-state index in [2.05, 4.69) is 37.3 Å². The first kappa shape index (κ1) is 9.59. The Morgan fingerprint density at radius 2 is 2.00 bits per heavy atom. The summed E-state index contributed by atoms with van der Waals surface area (Å²) in [5.41, 5.74) is 1.31. The van der Waals surface area contributed by atoms with Gasteiger partial charge in [-0.3, -0.25) is 0 Å². The Balaban J connectivity index is 2.43. The van der Waals surface area contributed by atoms with Crippen molar-refractivity contribution in [3.05, 3.63) is 29.8 Å². The molecule has 0 saturated carbocycles. The summed E-state index contributed by atoms with van der Waals surface area (Å²) in [4.78, 5) is 0. The molecule has 0 heterocycles. The molecule has 0 aromatic heterocycles. The first-order valence-corrected chi connectivity index (χ1v) is 6.70. The van der Waals surface area contributed by atoms with Gasteiger partial charge in [0, 0.05) is 0 Å². The standard InChI is InChI=1S/C10H11NTe/c1-9-3-5-10(6-4-9)12-8-2-7-11/h3-6H,2,8H2,1H3. The summed E-state index contributed by atoms with van der Waals surface area (Å²) < 4.78 is 2.56. The normalized spacial score (nSPS) is 9.33. The van der Waals surface area contributed by atoms with E-state index in [1.165, 1.54) is 9.17 Å². The van der Waals surface area contributed by atoms with E-state index in [4.69, 9.17) is 5.26 Å². The van der Waals surface area contributed by atoms with Gasteiger partial charge >= 0.3 is 83.5 Å². The molecule has 0 aliphatic heterocycles. The summed E-state index contributed by atoms with van der Waals surface area (Å²) in [6.45, 7) is 2.10. The van der Waals surface area contributed by atoms with Gasteiger partial charge in [0.25, 0.3) is 0 Å². The van der Waals surface area contributed by atoms with Crippen LogP contribution in [0, 0.1) is 18.3 Å². The molecule has 0 spiro atoms. The van der Waals surface area contributed by atoms with Crippen LogP contribution < -0.4 is 3.61 Å². The van der Waals surface area contributed by atoms with Crippen LogP contribution in [0.25, 0.3) is 0 Å². The average Bonchev–Trinajstić information content (AvgIpc) is 2.09. The van der Waals surface area contributed by atoms with E-state index in [9.17, 15) is 0 Å². The minimum atomic E-state index is -0.0852. The Hall–Kier alpha value is -0.500. The van der Waals surface area contributed by atoms with Crippen LogP contribution >= 0.6 is 0 Å². The van der Waals surface area contributed by atoms with Crippen molar-refractivity contribution in [2.75, 3.05) is 0 Å². The molecule has 0 aliphatic rings. The summed E-state index contributed by atoms with van der Waals surface area (Å²) >= 11 is -0.0852. The second-order valence-electron chi connectivity index (χ2n) is 2.57. The number of rotatable bonds is 3. The fourth-order valence-corrected chi connectivity index (χ4v) is 3.01. The van der Waals surface area contributed by atoms with Crippen molar-refractivity contribution >= 4 is 24.5 Å². The number of nitriles is 1. The van der Waals surface area contributed by atoms with Gasteiger partial charge < -0.3 is 0 Å². The van der Waals surface area contributed by atoms with Gasteiger partial charge in [-0.05, 0) is 0 Å². The van der Waals surface area contributed by atoms with E-state index in [0.29, 0.717) is 0 Å². The number of aryl methyl sites for hydroxylation is 1. The Bertz CT molecular complexity index is 271. The first-order valence-electron chi connectivity index (χ1n) is 3.89. The van der Waals surface area contributed by atoms with Crippen molar-refractivity contribution < 1.29 is 0 Å². The van der Waals surface area contributed by atoms with E-state index in [1.807, 2.05) is 0 Å². The summed E-state index contributed by atoms with van der Waals surface area (Å²) in [5, 5.41) is 8.36. The van der Waals surface area contributed by atoms with E-state index in [1.54, 1.807) is 0 Å². The van der Waals surface area contributed by atoms with Gasteiger partial charge in [0.05, 0.1) is 0 Å². The van der Waals surface area contributed by atoms with Crippen LogP contribution in [0.4, 0.5) is 0 Å². The monoisotopic (exact) mass is 275 g/mol. The van der Waals surface area contributed by atoms with Crippen molar-refractivity contribution in [3.63, 3.8) is 0 Å². The molecule has 0 radical (unpaired) electrons. The molecule has 0 saturated heterocycles. The predicted octanol–water partition coefficient (Wildman–Crippen LogP) is 1.66. The number of hydrogen-bond acceptors (Lipinski definition) is 1. The van der Waals surface area contributed by atoms with Gasteiger partial charge in [-0.15, -0.1) is 0 Å². The summed E-state index contributed by atoms with van der Waals surface area (Å²) in [7, 11) is 0. The fourth-order valence-electron chi connectivity index (χ4n) is 0.849. The molecule has 0 amide bonds. The Labute approximate surface area is 83.5 Å². The average molecular weight is 273 g/mol. The van der Waals surface area contributed by atoms with Gasteiger partial charge in [-0.2, -0.15) is 0 Å². The van der Waals surface area contributed by atoms with E-state index in [0.717, 1.165) is 10.9 Å². The number of benzene rings is 1. The van der Waals surface area contributed by atoms with Crippen LogP contribution in [0.1, 0.15) is 12.0 Å². The SMILES string of the molecule is Cc1ccc([Te]CCC#N)cc1. The third-order valence-corrected chi connectivity index (χ3v) is 4.40. The molecule has 1 aromatic carbocycles. The summed E-state index contributed by atoms with van der Waals surface area (Å²) in [6, 6.07) is 10.9. The zero-order valence-corrected chi connectivity index (χ0v) is 9.41. The van der Waals surface area contributed by atoms with Crippen LogP contribution in [-0.4, -0.2) is 20.9 Å². The molecule has 12 heavy (non-hydrogen) atoms. The molecule has 0 N–H and O–H groups in total. The summed E-state index contributed by atoms with van der Waals surface area (Å²) in [6.07, 6.45) is 0.718. The molecule has 1 nitrogen and oxygen atoms in total. The number of hydrogen-bond donors (Lipinski definition) is 0. The topological polar surface area (TPSA) is 23.8 Å². The van der Waals surface area contributed by atoms with Crippen molar-refractivity contribution in [1.29, 1.82) is 5.26 Å². The van der Waals surface area contributed by atoms with Crippen molar-refractivity contribution in [2.24, 2.45) is 0 Å². The van der Waals surface area contributed by atoms with Crippen molar-refractivity contribution in [3.8, 4) is 6.07 Å². The third-order valence-electron chi connectivity index (χ3n) is 1.50. The maximum atomic E-state index is 8.36. The first-order chi connectivity index (χ1) is 5.83. The quantitative estimate of drug-likeness (QED) is 0.606. The zero-order chi connectivity index (χ0) is 8.81.